The van der Waals surface area contributed by atoms with Crippen molar-refractivity contribution in [2.45, 2.75) is 18.6 Å². The number of nitrogens with zero attached hydrogens (tertiary/aromatic N) is 2. The third kappa shape index (κ3) is 1.65. The molecule has 4 heterocycles. The molecule has 4 rings (SSSR count). The third-order valence-electron chi connectivity index (χ3n) is 4.07. The predicted octanol–water partition coefficient (Wildman–Crippen LogP) is 1.72. The molecule has 0 aromatic carbocycles. The molecule has 0 aliphatic carbocycles. The maximum Gasteiger partial charge on any atom is 0.271 e. The number of carbonyl (C=O) groups excluding carboxylic acids is 1. The Hall–Kier alpha value is -1.59. The smallest absolute Gasteiger partial charge is 0.271 e. The van der Waals surface area contributed by atoms with Crippen LogP contribution in [-0.2, 0) is 6.54 Å². The van der Waals surface area contributed by atoms with Gasteiger partial charge in [-0.2, -0.15) is 0 Å². The molecule has 19 heavy (non-hydrogen) atoms. The molecule has 2 aromatic heterocycles. The minimum atomic E-state index is 0.156. The molecule has 98 valence electrons. The van der Waals surface area contributed by atoms with E-state index < -0.39 is 0 Å². The number of nitrogens with one attached hydrogen (secondary N) is 1. The lowest BCUT2D eigenvalue weighted by atomic mass is 10.1. The van der Waals surface area contributed by atoms with E-state index in [0.717, 1.165) is 25.3 Å². The van der Waals surface area contributed by atoms with Gasteiger partial charge < -0.3 is 14.8 Å². The summed E-state index contributed by atoms with van der Waals surface area (Å²) in [5, 5.41) is 5.48. The van der Waals surface area contributed by atoms with Crippen molar-refractivity contribution in [3.8, 4) is 0 Å². The van der Waals surface area contributed by atoms with E-state index in [2.05, 4.69) is 21.3 Å². The standard InChI is InChI=1S/C14H15N3OS/c18-14-11-4-1-5-16(11)12-7-15-8-13(12)17(14)9-10-3-2-6-19-10/h1-6,12-13,15H,7-9H2/t12-,13-/m0/s1. The van der Waals surface area contributed by atoms with E-state index in [0.29, 0.717) is 6.04 Å². The van der Waals surface area contributed by atoms with Crippen molar-refractivity contribution in [3.05, 3.63) is 46.4 Å². The lowest BCUT2D eigenvalue weighted by Gasteiger charge is -2.38. The quantitative estimate of drug-likeness (QED) is 0.904. The summed E-state index contributed by atoms with van der Waals surface area (Å²) in [4.78, 5) is 15.9. The molecule has 0 spiro atoms. The molecule has 2 aliphatic heterocycles. The first-order chi connectivity index (χ1) is 9.34. The van der Waals surface area contributed by atoms with Crippen LogP contribution in [0.4, 0.5) is 0 Å². The van der Waals surface area contributed by atoms with Crippen molar-refractivity contribution in [1.82, 2.24) is 14.8 Å². The lowest BCUT2D eigenvalue weighted by Crippen LogP contribution is -2.49. The monoisotopic (exact) mass is 273 g/mol. The number of hydrogen-bond acceptors (Lipinski definition) is 3. The van der Waals surface area contributed by atoms with E-state index in [1.807, 2.05) is 29.3 Å². The van der Waals surface area contributed by atoms with Gasteiger partial charge in [-0.3, -0.25) is 4.79 Å². The normalized spacial score (nSPS) is 25.5. The summed E-state index contributed by atoms with van der Waals surface area (Å²) < 4.78 is 2.14. The van der Waals surface area contributed by atoms with Gasteiger partial charge in [-0.05, 0) is 23.6 Å². The zero-order valence-electron chi connectivity index (χ0n) is 10.5. The molecule has 1 amide bonds. The summed E-state index contributed by atoms with van der Waals surface area (Å²) >= 11 is 1.72. The Morgan fingerprint density at radius 3 is 3.00 bits per heavy atom. The Balaban J connectivity index is 1.73. The van der Waals surface area contributed by atoms with Crippen molar-refractivity contribution >= 4 is 17.2 Å². The van der Waals surface area contributed by atoms with E-state index >= 15 is 0 Å². The molecule has 2 aliphatic rings. The van der Waals surface area contributed by atoms with E-state index in [1.165, 1.54) is 4.88 Å². The highest BCUT2D eigenvalue weighted by atomic mass is 32.1. The highest BCUT2D eigenvalue weighted by Gasteiger charge is 2.41. The largest absolute Gasteiger partial charge is 0.337 e. The first-order valence-corrected chi connectivity index (χ1v) is 7.43. The lowest BCUT2D eigenvalue weighted by molar-refractivity contribution is 0.0564. The maximum atomic E-state index is 12.6. The molecule has 0 saturated carbocycles. The van der Waals surface area contributed by atoms with Crippen molar-refractivity contribution in [2.24, 2.45) is 0 Å². The van der Waals surface area contributed by atoms with Gasteiger partial charge in [0, 0.05) is 24.2 Å². The zero-order valence-corrected chi connectivity index (χ0v) is 11.3. The van der Waals surface area contributed by atoms with Crippen LogP contribution in [0, 0.1) is 0 Å². The Bertz CT molecular complexity index is 604. The van der Waals surface area contributed by atoms with Crippen LogP contribution in [0.25, 0.3) is 0 Å². The summed E-state index contributed by atoms with van der Waals surface area (Å²) in [6, 6.07) is 8.69. The fraction of sp³-hybridized carbons (Fsp3) is 0.357. The first kappa shape index (κ1) is 11.3. The van der Waals surface area contributed by atoms with Gasteiger partial charge in [0.05, 0.1) is 18.6 Å². The number of hydrogen-bond donors (Lipinski definition) is 1. The Morgan fingerprint density at radius 1 is 1.26 bits per heavy atom. The topological polar surface area (TPSA) is 37.3 Å². The molecule has 1 saturated heterocycles. The van der Waals surface area contributed by atoms with Crippen LogP contribution < -0.4 is 5.32 Å². The molecule has 2 aromatic rings. The van der Waals surface area contributed by atoms with Crippen LogP contribution in [0.5, 0.6) is 0 Å². The predicted molar refractivity (Wildman–Crippen MR) is 74.3 cm³/mol. The average molecular weight is 273 g/mol. The number of thiophene rings is 1. The van der Waals surface area contributed by atoms with Crippen LogP contribution >= 0.6 is 11.3 Å². The Labute approximate surface area is 115 Å². The van der Waals surface area contributed by atoms with Gasteiger partial charge in [-0.15, -0.1) is 11.3 Å². The average Bonchev–Trinajstić information content (AvgIpc) is 3.12. The second-order valence-electron chi connectivity index (χ2n) is 5.11. The summed E-state index contributed by atoms with van der Waals surface area (Å²) in [6.07, 6.45) is 2.03. The second kappa shape index (κ2) is 4.21. The molecule has 5 heteroatoms. The number of fused-ring (bicyclic) bond motifs is 3. The Kier molecular flexibility index (Phi) is 2.50. The molecule has 0 bridgehead atoms. The van der Waals surface area contributed by atoms with E-state index in [4.69, 9.17) is 0 Å². The van der Waals surface area contributed by atoms with Gasteiger partial charge in [0.2, 0.25) is 0 Å². The van der Waals surface area contributed by atoms with Crippen LogP contribution in [0.2, 0.25) is 0 Å². The van der Waals surface area contributed by atoms with E-state index in [9.17, 15) is 4.79 Å². The summed E-state index contributed by atoms with van der Waals surface area (Å²) in [5.74, 6) is 0.156. The molecule has 1 N–H and O–H groups in total. The Morgan fingerprint density at radius 2 is 2.16 bits per heavy atom. The molecule has 0 radical (unpaired) electrons. The van der Waals surface area contributed by atoms with Crippen molar-refractivity contribution in [1.29, 1.82) is 0 Å². The highest BCUT2D eigenvalue weighted by molar-refractivity contribution is 7.09. The summed E-state index contributed by atoms with van der Waals surface area (Å²) in [5.41, 5.74) is 0.821. The van der Waals surface area contributed by atoms with Gasteiger partial charge in [0.15, 0.2) is 0 Å². The molecule has 2 atom stereocenters. The van der Waals surface area contributed by atoms with Gasteiger partial charge in [0.25, 0.3) is 5.91 Å². The van der Waals surface area contributed by atoms with Crippen LogP contribution in [-0.4, -0.2) is 34.5 Å². The maximum absolute atomic E-state index is 12.6. The second-order valence-corrected chi connectivity index (χ2v) is 6.14. The van der Waals surface area contributed by atoms with Crippen LogP contribution in [0.15, 0.2) is 35.8 Å². The SMILES string of the molecule is O=C1c2cccn2[C@H]2CNC[C@@H]2N1Cc1cccs1. The highest BCUT2D eigenvalue weighted by Crippen LogP contribution is 2.31. The number of rotatable bonds is 2. The van der Waals surface area contributed by atoms with Gasteiger partial charge in [0.1, 0.15) is 5.69 Å². The van der Waals surface area contributed by atoms with Crippen molar-refractivity contribution < 1.29 is 4.79 Å². The molecule has 1 fully saturated rings. The first-order valence-electron chi connectivity index (χ1n) is 6.55. The molecular weight excluding hydrogens is 258 g/mol. The zero-order chi connectivity index (χ0) is 12.8. The fourth-order valence-corrected chi connectivity index (χ4v) is 3.88. The molecule has 4 nitrogen and oxygen atoms in total. The fourth-order valence-electron chi connectivity index (χ4n) is 3.17. The third-order valence-corrected chi connectivity index (χ3v) is 4.94. The number of amides is 1. The van der Waals surface area contributed by atoms with Gasteiger partial charge in [-0.25, -0.2) is 0 Å². The van der Waals surface area contributed by atoms with E-state index in [1.54, 1.807) is 11.3 Å². The summed E-state index contributed by atoms with van der Waals surface area (Å²) in [7, 11) is 0. The van der Waals surface area contributed by atoms with Gasteiger partial charge >= 0.3 is 0 Å². The van der Waals surface area contributed by atoms with Gasteiger partial charge in [-0.1, -0.05) is 6.07 Å². The molecule has 0 unspecified atom stereocenters. The summed E-state index contributed by atoms with van der Waals surface area (Å²) in [6.45, 7) is 2.56. The number of carbonyl (C=O) groups is 1. The van der Waals surface area contributed by atoms with E-state index in [-0.39, 0.29) is 11.9 Å². The molecular formula is C14H15N3OS. The number of aromatic nitrogens is 1. The van der Waals surface area contributed by atoms with Crippen molar-refractivity contribution in [3.63, 3.8) is 0 Å². The minimum Gasteiger partial charge on any atom is -0.337 e. The van der Waals surface area contributed by atoms with Crippen molar-refractivity contribution in [2.75, 3.05) is 13.1 Å². The minimum absolute atomic E-state index is 0.156. The van der Waals surface area contributed by atoms with Crippen LogP contribution in [0.1, 0.15) is 21.4 Å². The van der Waals surface area contributed by atoms with Crippen LogP contribution in [0.3, 0.4) is 0 Å².